The number of carbonyl (C=O) groups is 2. The zero-order valence-electron chi connectivity index (χ0n) is 27.1. The Morgan fingerprint density at radius 2 is 1.59 bits per heavy atom. The monoisotopic (exact) mass is 744 g/mol. The molecule has 0 radical (unpaired) electrons. The molecule has 4 aliphatic heterocycles. The SMILES string of the molecule is COc1ncnc(NC23CC(N4CCS(=O)(=O)CC4)(C2)C3)c1C(=O)Nc1cc2c(cc1C(=O)NC13CCC(C(F)(F)F)(CC1)OC3)OC(F)(F)O2. The Bertz CT molecular complexity index is 1890. The van der Waals surface area contributed by atoms with Crippen molar-refractivity contribution in [1.82, 2.24) is 20.2 Å². The van der Waals surface area contributed by atoms with Crippen molar-refractivity contribution in [3.63, 3.8) is 0 Å². The fraction of sp³-hybridized carbons (Fsp3) is 0.613. The molecular formula is C31H33F5N6O8S. The van der Waals surface area contributed by atoms with Gasteiger partial charge in [0.25, 0.3) is 11.8 Å². The Balaban J connectivity index is 1.03. The highest BCUT2D eigenvalue weighted by Gasteiger charge is 2.71. The van der Waals surface area contributed by atoms with Gasteiger partial charge in [-0.15, -0.1) is 8.78 Å². The van der Waals surface area contributed by atoms with Crippen LogP contribution in [0.5, 0.6) is 17.4 Å². The lowest BCUT2D eigenvalue weighted by atomic mass is 9.43. The van der Waals surface area contributed by atoms with E-state index >= 15 is 0 Å². The van der Waals surface area contributed by atoms with Crippen molar-refractivity contribution in [1.29, 1.82) is 0 Å². The summed E-state index contributed by atoms with van der Waals surface area (Å²) in [6.07, 6.45) is -6.24. The van der Waals surface area contributed by atoms with Gasteiger partial charge in [0, 0.05) is 30.2 Å². The third kappa shape index (κ3) is 5.60. The highest BCUT2D eigenvalue weighted by atomic mass is 32.2. The number of nitrogens with zero attached hydrogens (tertiary/aromatic N) is 3. The first-order chi connectivity index (χ1) is 23.9. The Kier molecular flexibility index (Phi) is 7.34. The van der Waals surface area contributed by atoms with E-state index in [1.807, 2.05) is 0 Å². The van der Waals surface area contributed by atoms with E-state index < -0.39 is 68.9 Å². The second kappa shape index (κ2) is 11.0. The van der Waals surface area contributed by atoms with Gasteiger partial charge in [-0.1, -0.05) is 0 Å². The summed E-state index contributed by atoms with van der Waals surface area (Å²) < 4.78 is 113. The maximum absolute atomic E-state index is 14.1. The van der Waals surface area contributed by atoms with E-state index in [1.165, 1.54) is 13.4 Å². The molecule has 3 saturated heterocycles. The number of fused-ring (bicyclic) bond motifs is 4. The van der Waals surface area contributed by atoms with Gasteiger partial charge in [-0.05, 0) is 51.0 Å². The summed E-state index contributed by atoms with van der Waals surface area (Å²) in [5.41, 5.74) is -4.77. The van der Waals surface area contributed by atoms with Gasteiger partial charge in [-0.3, -0.25) is 14.5 Å². The Labute approximate surface area is 287 Å². The third-order valence-electron chi connectivity index (χ3n) is 11.2. The van der Waals surface area contributed by atoms with Crippen molar-refractivity contribution in [3.8, 4) is 17.4 Å². The lowest BCUT2D eigenvalue weighted by Gasteiger charge is -2.74. The molecule has 4 saturated carbocycles. The van der Waals surface area contributed by atoms with Crippen LogP contribution < -0.4 is 30.2 Å². The first-order valence-corrected chi connectivity index (χ1v) is 18.1. The number of hydrogen-bond donors (Lipinski definition) is 3. The van der Waals surface area contributed by atoms with Crippen LogP contribution in [0.15, 0.2) is 18.5 Å². The lowest BCUT2D eigenvalue weighted by Crippen LogP contribution is -2.82. The predicted molar refractivity (Wildman–Crippen MR) is 166 cm³/mol. The van der Waals surface area contributed by atoms with Crippen molar-refractivity contribution in [3.05, 3.63) is 29.6 Å². The normalized spacial score (nSPS) is 32.7. The number of methoxy groups -OCH3 is 1. The number of hydrogen-bond acceptors (Lipinski definition) is 12. The van der Waals surface area contributed by atoms with Gasteiger partial charge in [-0.25, -0.2) is 18.4 Å². The highest BCUT2D eigenvalue weighted by Crippen LogP contribution is 2.65. The molecular weight excluding hydrogens is 711 g/mol. The molecule has 7 fully saturated rings. The molecule has 51 heavy (non-hydrogen) atoms. The van der Waals surface area contributed by atoms with Crippen LogP contribution in [0.1, 0.15) is 65.7 Å². The molecule has 20 heteroatoms. The van der Waals surface area contributed by atoms with Gasteiger partial charge >= 0.3 is 12.5 Å². The van der Waals surface area contributed by atoms with Crippen LogP contribution in [0, 0.1) is 0 Å². The topological polar surface area (TPSA) is 170 Å². The summed E-state index contributed by atoms with van der Waals surface area (Å²) in [5.74, 6) is -2.52. The Morgan fingerprint density at radius 1 is 0.941 bits per heavy atom. The van der Waals surface area contributed by atoms with Crippen LogP contribution in [0.4, 0.5) is 33.5 Å². The molecule has 276 valence electrons. The molecule has 0 unspecified atom stereocenters. The number of anilines is 2. The second-order valence-electron chi connectivity index (χ2n) is 14.4. The quantitative estimate of drug-likeness (QED) is 0.338. The zero-order chi connectivity index (χ0) is 36.2. The minimum Gasteiger partial charge on any atom is -0.480 e. The van der Waals surface area contributed by atoms with E-state index in [9.17, 15) is 40.0 Å². The standard InChI is InChI=1S/C31H33F5N6O8S/c1-47-25-21(22(37-16-38-25)40-27-12-28(13-27,14-27)42-6-8-51(45,46)9-7-42)24(44)39-18-11-20-19(49-31(35,36)50-20)10-17(18)23(43)41-26-2-4-29(5-3-26,48-15-26)30(32,33)34/h10-11,16H,2-9,12-15H2,1H3,(H,39,44)(H,41,43)(H,37,38,40). The molecule has 3 N–H and O–H groups in total. The van der Waals surface area contributed by atoms with Crippen LogP contribution in [-0.2, 0) is 14.6 Å². The van der Waals surface area contributed by atoms with Crippen LogP contribution >= 0.6 is 0 Å². The van der Waals surface area contributed by atoms with Gasteiger partial charge in [0.05, 0.1) is 42.0 Å². The summed E-state index contributed by atoms with van der Waals surface area (Å²) in [7, 11) is -1.76. The third-order valence-corrected chi connectivity index (χ3v) is 12.8. The predicted octanol–water partition coefficient (Wildman–Crippen LogP) is 3.25. The van der Waals surface area contributed by atoms with Crippen LogP contribution in [0.2, 0.25) is 0 Å². The number of alkyl halides is 5. The number of benzene rings is 1. The molecule has 0 spiro atoms. The summed E-state index contributed by atoms with van der Waals surface area (Å²) in [6.45, 7) is 0.483. The summed E-state index contributed by atoms with van der Waals surface area (Å²) in [4.78, 5) is 38.3. The Morgan fingerprint density at radius 3 is 2.18 bits per heavy atom. The van der Waals surface area contributed by atoms with E-state index in [1.54, 1.807) is 0 Å². The summed E-state index contributed by atoms with van der Waals surface area (Å²) >= 11 is 0. The van der Waals surface area contributed by atoms with Crippen molar-refractivity contribution < 1.29 is 58.9 Å². The number of halogens is 5. The van der Waals surface area contributed by atoms with Crippen molar-refractivity contribution in [2.45, 2.75) is 79.6 Å². The number of nitrogens with one attached hydrogen (secondary N) is 3. The van der Waals surface area contributed by atoms with Crippen molar-refractivity contribution in [2.75, 3.05) is 48.9 Å². The molecule has 4 aliphatic carbocycles. The minimum absolute atomic E-state index is 0.0456. The molecule has 1 aromatic carbocycles. The molecule has 14 nitrogen and oxygen atoms in total. The number of carbonyl (C=O) groups excluding carboxylic acids is 2. The van der Waals surface area contributed by atoms with Gasteiger partial charge in [0.2, 0.25) is 5.88 Å². The van der Waals surface area contributed by atoms with E-state index in [0.717, 1.165) is 12.1 Å². The highest BCUT2D eigenvalue weighted by molar-refractivity contribution is 7.91. The molecule has 1 aromatic heterocycles. The average Bonchev–Trinajstić information content (AvgIpc) is 3.34. The number of ether oxygens (including phenoxy) is 4. The zero-order valence-corrected chi connectivity index (χ0v) is 27.9. The number of amides is 2. The van der Waals surface area contributed by atoms with Crippen LogP contribution in [0.25, 0.3) is 0 Å². The van der Waals surface area contributed by atoms with Gasteiger partial charge in [0.15, 0.2) is 26.9 Å². The summed E-state index contributed by atoms with van der Waals surface area (Å²) in [5, 5.41) is 8.62. The van der Waals surface area contributed by atoms with E-state index in [4.69, 9.17) is 9.47 Å². The first kappa shape index (κ1) is 34.1. The van der Waals surface area contributed by atoms with Crippen LogP contribution in [-0.4, -0.2) is 108 Å². The molecule has 8 aliphatic rings. The minimum atomic E-state index is -4.59. The summed E-state index contributed by atoms with van der Waals surface area (Å²) in [6, 6.07) is 1.94. The first-order valence-electron chi connectivity index (χ1n) is 16.3. The number of sulfone groups is 1. The fourth-order valence-electron chi connectivity index (χ4n) is 8.47. The van der Waals surface area contributed by atoms with Crippen LogP contribution in [0.3, 0.4) is 0 Å². The van der Waals surface area contributed by atoms with E-state index in [2.05, 4.69) is 40.3 Å². The second-order valence-corrected chi connectivity index (χ2v) is 16.7. The number of rotatable bonds is 8. The number of aromatic nitrogens is 2. The Hall–Kier alpha value is -4.04. The van der Waals surface area contributed by atoms with Gasteiger partial charge < -0.3 is 34.9 Å². The molecule has 2 amide bonds. The molecule has 4 bridgehead atoms. The molecule has 2 aromatic rings. The van der Waals surface area contributed by atoms with Gasteiger partial charge in [0.1, 0.15) is 17.7 Å². The molecule has 5 heterocycles. The van der Waals surface area contributed by atoms with Gasteiger partial charge in [-0.2, -0.15) is 13.2 Å². The lowest BCUT2D eigenvalue weighted by molar-refractivity contribution is -0.317. The maximum Gasteiger partial charge on any atom is 0.586 e. The van der Waals surface area contributed by atoms with E-state index in [-0.39, 0.29) is 71.2 Å². The largest absolute Gasteiger partial charge is 0.586 e. The van der Waals surface area contributed by atoms with Crippen molar-refractivity contribution in [2.24, 2.45) is 0 Å². The van der Waals surface area contributed by atoms with E-state index in [0.29, 0.717) is 32.4 Å². The smallest absolute Gasteiger partial charge is 0.480 e. The average molecular weight is 745 g/mol. The molecule has 0 atom stereocenters. The maximum atomic E-state index is 14.1. The molecule has 10 rings (SSSR count). The fourth-order valence-corrected chi connectivity index (χ4v) is 9.67. The van der Waals surface area contributed by atoms with Crippen molar-refractivity contribution >= 4 is 33.2 Å².